The third-order valence-electron chi connectivity index (χ3n) is 3.88. The predicted octanol–water partition coefficient (Wildman–Crippen LogP) is 4.87. The lowest BCUT2D eigenvalue weighted by molar-refractivity contribution is 0.591. The SMILES string of the molecule is Cc1ccc(NC2CCc3cc(Br)ccc3C2)c(F)c1. The fourth-order valence-corrected chi connectivity index (χ4v) is 3.21. The van der Waals surface area contributed by atoms with Crippen molar-refractivity contribution in [2.45, 2.75) is 32.2 Å². The maximum Gasteiger partial charge on any atom is 0.146 e. The molecule has 0 radical (unpaired) electrons. The van der Waals surface area contributed by atoms with E-state index in [-0.39, 0.29) is 5.82 Å². The van der Waals surface area contributed by atoms with Crippen LogP contribution in [0.2, 0.25) is 0 Å². The number of benzene rings is 2. The van der Waals surface area contributed by atoms with E-state index in [0.717, 1.165) is 29.3 Å². The summed E-state index contributed by atoms with van der Waals surface area (Å²) in [5.41, 5.74) is 4.33. The van der Waals surface area contributed by atoms with Crippen molar-refractivity contribution in [2.24, 2.45) is 0 Å². The highest BCUT2D eigenvalue weighted by Crippen LogP contribution is 2.27. The molecule has 3 rings (SSSR count). The Morgan fingerprint density at radius 3 is 2.80 bits per heavy atom. The molecule has 0 aromatic heterocycles. The first-order valence-corrected chi connectivity index (χ1v) is 7.71. The number of aryl methyl sites for hydroxylation is 2. The molecule has 0 amide bonds. The second kappa shape index (κ2) is 5.57. The smallest absolute Gasteiger partial charge is 0.146 e. The fourth-order valence-electron chi connectivity index (χ4n) is 2.80. The van der Waals surface area contributed by atoms with Crippen molar-refractivity contribution in [2.75, 3.05) is 5.32 Å². The number of hydrogen-bond acceptors (Lipinski definition) is 1. The Kier molecular flexibility index (Phi) is 3.79. The summed E-state index contributed by atoms with van der Waals surface area (Å²) in [5.74, 6) is -0.161. The van der Waals surface area contributed by atoms with Crippen molar-refractivity contribution in [3.05, 3.63) is 63.4 Å². The van der Waals surface area contributed by atoms with Crippen LogP contribution in [0.4, 0.5) is 10.1 Å². The van der Waals surface area contributed by atoms with Gasteiger partial charge in [0, 0.05) is 10.5 Å². The Bertz CT molecular complexity index is 639. The van der Waals surface area contributed by atoms with Gasteiger partial charge in [0.05, 0.1) is 5.69 Å². The molecular formula is C17H17BrFN. The molecule has 1 nitrogen and oxygen atoms in total. The molecule has 20 heavy (non-hydrogen) atoms. The molecule has 2 aromatic carbocycles. The van der Waals surface area contributed by atoms with Gasteiger partial charge in [0.15, 0.2) is 0 Å². The number of hydrogen-bond donors (Lipinski definition) is 1. The molecule has 2 aromatic rings. The Hall–Kier alpha value is -1.35. The quantitative estimate of drug-likeness (QED) is 0.826. The van der Waals surface area contributed by atoms with Crippen molar-refractivity contribution in [1.29, 1.82) is 0 Å². The molecule has 0 fully saturated rings. The normalized spacial score (nSPS) is 17.6. The van der Waals surface area contributed by atoms with Gasteiger partial charge in [-0.25, -0.2) is 4.39 Å². The van der Waals surface area contributed by atoms with E-state index in [9.17, 15) is 4.39 Å². The van der Waals surface area contributed by atoms with Gasteiger partial charge in [0.1, 0.15) is 5.82 Å². The molecule has 0 saturated heterocycles. The zero-order chi connectivity index (χ0) is 14.1. The molecule has 1 unspecified atom stereocenters. The summed E-state index contributed by atoms with van der Waals surface area (Å²) in [4.78, 5) is 0. The topological polar surface area (TPSA) is 12.0 Å². The number of halogens is 2. The van der Waals surface area contributed by atoms with Crippen molar-refractivity contribution >= 4 is 21.6 Å². The molecule has 104 valence electrons. The van der Waals surface area contributed by atoms with Crippen LogP contribution in [0, 0.1) is 12.7 Å². The van der Waals surface area contributed by atoms with Gasteiger partial charge in [-0.15, -0.1) is 0 Å². The van der Waals surface area contributed by atoms with E-state index in [4.69, 9.17) is 0 Å². The molecule has 1 N–H and O–H groups in total. The second-order valence-electron chi connectivity index (χ2n) is 5.48. The van der Waals surface area contributed by atoms with Gasteiger partial charge in [0.2, 0.25) is 0 Å². The minimum absolute atomic E-state index is 0.161. The number of fused-ring (bicyclic) bond motifs is 1. The van der Waals surface area contributed by atoms with Crippen LogP contribution in [0.5, 0.6) is 0 Å². The highest BCUT2D eigenvalue weighted by Gasteiger charge is 2.19. The van der Waals surface area contributed by atoms with E-state index >= 15 is 0 Å². The molecule has 3 heteroatoms. The Morgan fingerprint density at radius 1 is 1.15 bits per heavy atom. The van der Waals surface area contributed by atoms with Crippen molar-refractivity contribution in [3.63, 3.8) is 0 Å². The first-order chi connectivity index (χ1) is 9.61. The lowest BCUT2D eigenvalue weighted by Crippen LogP contribution is -2.27. The van der Waals surface area contributed by atoms with Gasteiger partial charge in [-0.1, -0.05) is 28.1 Å². The van der Waals surface area contributed by atoms with Crippen molar-refractivity contribution < 1.29 is 4.39 Å². The van der Waals surface area contributed by atoms with Gasteiger partial charge in [-0.05, 0) is 67.1 Å². The third kappa shape index (κ3) is 2.88. The van der Waals surface area contributed by atoms with E-state index < -0.39 is 0 Å². The molecule has 0 saturated carbocycles. The van der Waals surface area contributed by atoms with Crippen LogP contribution in [0.3, 0.4) is 0 Å². The van der Waals surface area contributed by atoms with Crippen LogP contribution in [0.15, 0.2) is 40.9 Å². The van der Waals surface area contributed by atoms with Gasteiger partial charge in [0.25, 0.3) is 0 Å². The largest absolute Gasteiger partial charge is 0.380 e. The highest BCUT2D eigenvalue weighted by molar-refractivity contribution is 9.10. The summed E-state index contributed by atoms with van der Waals surface area (Å²) in [6.45, 7) is 1.90. The maximum absolute atomic E-state index is 13.9. The zero-order valence-electron chi connectivity index (χ0n) is 11.4. The van der Waals surface area contributed by atoms with Crippen LogP contribution in [-0.2, 0) is 12.8 Å². The molecule has 0 bridgehead atoms. The van der Waals surface area contributed by atoms with E-state index in [0.29, 0.717) is 11.7 Å². The summed E-state index contributed by atoms with van der Waals surface area (Å²) >= 11 is 3.51. The Morgan fingerprint density at radius 2 is 2.00 bits per heavy atom. The fraction of sp³-hybridized carbons (Fsp3) is 0.294. The first-order valence-electron chi connectivity index (χ1n) is 6.92. The summed E-state index contributed by atoms with van der Waals surface area (Å²) in [7, 11) is 0. The number of rotatable bonds is 2. The van der Waals surface area contributed by atoms with Crippen LogP contribution in [0.1, 0.15) is 23.1 Å². The Balaban J connectivity index is 1.75. The maximum atomic E-state index is 13.9. The zero-order valence-corrected chi connectivity index (χ0v) is 13.0. The molecular weight excluding hydrogens is 317 g/mol. The van der Waals surface area contributed by atoms with Crippen molar-refractivity contribution in [1.82, 2.24) is 0 Å². The minimum atomic E-state index is -0.161. The highest BCUT2D eigenvalue weighted by atomic mass is 79.9. The van der Waals surface area contributed by atoms with Crippen molar-refractivity contribution in [3.8, 4) is 0 Å². The third-order valence-corrected chi connectivity index (χ3v) is 4.37. The van der Waals surface area contributed by atoms with Crippen LogP contribution < -0.4 is 5.32 Å². The molecule has 0 aliphatic heterocycles. The lowest BCUT2D eigenvalue weighted by Gasteiger charge is -2.26. The molecule has 1 aliphatic rings. The summed E-state index contributed by atoms with van der Waals surface area (Å²) in [6, 6.07) is 12.1. The second-order valence-corrected chi connectivity index (χ2v) is 6.40. The van der Waals surface area contributed by atoms with E-state index in [2.05, 4.69) is 39.4 Å². The molecule has 1 atom stereocenters. The average Bonchev–Trinajstić information content (AvgIpc) is 2.42. The summed E-state index contributed by atoms with van der Waals surface area (Å²) < 4.78 is 15.0. The molecule has 1 aliphatic carbocycles. The monoisotopic (exact) mass is 333 g/mol. The van der Waals surface area contributed by atoms with E-state index in [1.54, 1.807) is 6.07 Å². The first kappa shape index (κ1) is 13.6. The van der Waals surface area contributed by atoms with Gasteiger partial charge in [-0.3, -0.25) is 0 Å². The van der Waals surface area contributed by atoms with Gasteiger partial charge in [-0.2, -0.15) is 0 Å². The number of anilines is 1. The van der Waals surface area contributed by atoms with Crippen LogP contribution in [-0.4, -0.2) is 6.04 Å². The predicted molar refractivity (Wildman–Crippen MR) is 84.7 cm³/mol. The van der Waals surface area contributed by atoms with Crippen LogP contribution in [0.25, 0.3) is 0 Å². The average molecular weight is 334 g/mol. The van der Waals surface area contributed by atoms with Crippen LogP contribution >= 0.6 is 15.9 Å². The van der Waals surface area contributed by atoms with Gasteiger partial charge < -0.3 is 5.32 Å². The Labute approximate surface area is 127 Å². The van der Waals surface area contributed by atoms with Gasteiger partial charge >= 0.3 is 0 Å². The summed E-state index contributed by atoms with van der Waals surface area (Å²) in [5, 5.41) is 3.35. The van der Waals surface area contributed by atoms with E-state index in [1.165, 1.54) is 11.1 Å². The van der Waals surface area contributed by atoms with E-state index in [1.807, 2.05) is 19.1 Å². The number of nitrogens with one attached hydrogen (secondary N) is 1. The lowest BCUT2D eigenvalue weighted by atomic mass is 9.88. The standard InChI is InChI=1S/C17H17BrFN/c1-11-2-7-17(16(19)8-11)20-15-6-4-12-9-14(18)5-3-13(12)10-15/h2-3,5,7-9,15,20H,4,6,10H2,1H3. The molecule has 0 spiro atoms. The molecule has 0 heterocycles. The minimum Gasteiger partial charge on any atom is -0.380 e. The summed E-state index contributed by atoms with van der Waals surface area (Å²) in [6.07, 6.45) is 3.03.